The number of nitrogens with zero attached hydrogens (tertiary/aromatic N) is 2. The van der Waals surface area contributed by atoms with E-state index in [0.29, 0.717) is 0 Å². The second-order valence-corrected chi connectivity index (χ2v) is 5.60. The number of hydrogen-bond donors (Lipinski definition) is 1. The zero-order valence-electron chi connectivity index (χ0n) is 11.6. The first-order valence-electron chi connectivity index (χ1n) is 6.50. The molecule has 0 saturated carbocycles. The summed E-state index contributed by atoms with van der Waals surface area (Å²) < 4.78 is 0. The molecule has 2 rings (SSSR count). The highest BCUT2D eigenvalue weighted by molar-refractivity contribution is 7.99. The van der Waals surface area contributed by atoms with Crippen LogP contribution in [0.4, 0.5) is 5.82 Å². The van der Waals surface area contributed by atoms with Crippen LogP contribution in [0.5, 0.6) is 0 Å². The largest absolute Gasteiger partial charge is 0.369 e. The molecule has 0 aliphatic heterocycles. The van der Waals surface area contributed by atoms with Gasteiger partial charge in [-0.3, -0.25) is 4.98 Å². The number of aryl methyl sites for hydroxylation is 2. The van der Waals surface area contributed by atoms with Crippen LogP contribution >= 0.6 is 11.8 Å². The van der Waals surface area contributed by atoms with Gasteiger partial charge in [0, 0.05) is 11.4 Å². The Bertz CT molecular complexity index is 555. The lowest BCUT2D eigenvalue weighted by Crippen LogP contribution is -2.02. The molecule has 0 bridgehead atoms. The molecule has 4 heteroatoms. The molecule has 19 heavy (non-hydrogen) atoms. The van der Waals surface area contributed by atoms with Crippen molar-refractivity contribution in [3.63, 3.8) is 0 Å². The fraction of sp³-hybridized carbons (Fsp3) is 0.333. The quantitative estimate of drug-likeness (QED) is 0.891. The summed E-state index contributed by atoms with van der Waals surface area (Å²) in [5, 5.41) is 4.18. The third kappa shape index (κ3) is 3.96. The summed E-state index contributed by atoms with van der Waals surface area (Å²) in [6.45, 7) is 7.29. The molecule has 0 saturated heterocycles. The monoisotopic (exact) mass is 273 g/mol. The number of anilines is 1. The van der Waals surface area contributed by atoms with Crippen molar-refractivity contribution in [1.82, 2.24) is 9.97 Å². The van der Waals surface area contributed by atoms with Crippen molar-refractivity contribution in [1.29, 1.82) is 0 Å². The van der Waals surface area contributed by atoms with Crippen LogP contribution < -0.4 is 5.32 Å². The summed E-state index contributed by atoms with van der Waals surface area (Å²) in [5.41, 5.74) is 2.56. The molecule has 3 nitrogen and oxygen atoms in total. The maximum atomic E-state index is 4.56. The van der Waals surface area contributed by atoms with E-state index in [-0.39, 0.29) is 0 Å². The van der Waals surface area contributed by atoms with E-state index in [9.17, 15) is 0 Å². The lowest BCUT2D eigenvalue weighted by molar-refractivity contribution is 0.948. The Morgan fingerprint density at radius 1 is 1.21 bits per heavy atom. The minimum Gasteiger partial charge on any atom is -0.369 e. The highest BCUT2D eigenvalue weighted by atomic mass is 32.2. The van der Waals surface area contributed by atoms with Crippen LogP contribution in [0.25, 0.3) is 0 Å². The zero-order valence-corrected chi connectivity index (χ0v) is 12.4. The standard InChI is InChI=1S/C15H19N3S/c1-4-7-17-14-9-16-10-15(18-14)19-13-6-5-11(2)8-12(13)3/h5-6,8-10H,4,7H2,1-3H3,(H,17,18). The third-order valence-electron chi connectivity index (χ3n) is 2.71. The Morgan fingerprint density at radius 2 is 2.05 bits per heavy atom. The van der Waals surface area contributed by atoms with Gasteiger partial charge >= 0.3 is 0 Å². The maximum Gasteiger partial charge on any atom is 0.145 e. The van der Waals surface area contributed by atoms with Crippen molar-refractivity contribution in [3.05, 3.63) is 41.7 Å². The van der Waals surface area contributed by atoms with Crippen LogP contribution in [-0.2, 0) is 0 Å². The summed E-state index contributed by atoms with van der Waals surface area (Å²) in [5.74, 6) is 0.844. The van der Waals surface area contributed by atoms with Crippen LogP contribution in [0.3, 0.4) is 0 Å². The van der Waals surface area contributed by atoms with Crippen molar-refractivity contribution in [3.8, 4) is 0 Å². The van der Waals surface area contributed by atoms with Gasteiger partial charge in [0.1, 0.15) is 10.8 Å². The lowest BCUT2D eigenvalue weighted by Gasteiger charge is -2.07. The van der Waals surface area contributed by atoms with Crippen LogP contribution in [0.2, 0.25) is 0 Å². The third-order valence-corrected chi connectivity index (χ3v) is 3.80. The molecule has 100 valence electrons. The van der Waals surface area contributed by atoms with Crippen molar-refractivity contribution in [2.45, 2.75) is 37.1 Å². The number of benzene rings is 1. The molecule has 0 radical (unpaired) electrons. The molecule has 2 aromatic rings. The van der Waals surface area contributed by atoms with Crippen molar-refractivity contribution < 1.29 is 0 Å². The fourth-order valence-corrected chi connectivity index (χ4v) is 2.60. The number of rotatable bonds is 5. The van der Waals surface area contributed by atoms with Gasteiger partial charge in [-0.15, -0.1) is 0 Å². The van der Waals surface area contributed by atoms with Gasteiger partial charge in [0.2, 0.25) is 0 Å². The summed E-state index contributed by atoms with van der Waals surface area (Å²) >= 11 is 1.66. The van der Waals surface area contributed by atoms with E-state index < -0.39 is 0 Å². The van der Waals surface area contributed by atoms with Gasteiger partial charge in [-0.05, 0) is 31.9 Å². The van der Waals surface area contributed by atoms with E-state index in [1.165, 1.54) is 16.0 Å². The predicted octanol–water partition coefficient (Wildman–Crippen LogP) is 4.07. The van der Waals surface area contributed by atoms with Crippen LogP contribution in [0.1, 0.15) is 24.5 Å². The molecule has 0 fully saturated rings. The van der Waals surface area contributed by atoms with Gasteiger partial charge in [-0.25, -0.2) is 4.98 Å². The van der Waals surface area contributed by atoms with Gasteiger partial charge in [-0.2, -0.15) is 0 Å². The fourth-order valence-electron chi connectivity index (χ4n) is 1.76. The summed E-state index contributed by atoms with van der Waals surface area (Å²) in [6.07, 6.45) is 4.65. The molecule has 1 N–H and O–H groups in total. The molecule has 0 aliphatic rings. The van der Waals surface area contributed by atoms with E-state index in [4.69, 9.17) is 0 Å². The Morgan fingerprint density at radius 3 is 2.79 bits per heavy atom. The molecular weight excluding hydrogens is 254 g/mol. The molecule has 0 aliphatic carbocycles. The Balaban J connectivity index is 2.14. The molecule has 0 spiro atoms. The van der Waals surface area contributed by atoms with Gasteiger partial charge in [0.05, 0.1) is 12.4 Å². The first kappa shape index (κ1) is 13.9. The summed E-state index contributed by atoms with van der Waals surface area (Å²) in [4.78, 5) is 10.0. The predicted molar refractivity (Wildman–Crippen MR) is 80.9 cm³/mol. The lowest BCUT2D eigenvalue weighted by atomic mass is 10.2. The average molecular weight is 273 g/mol. The second-order valence-electron chi connectivity index (χ2n) is 4.54. The molecule has 1 aromatic heterocycles. The zero-order chi connectivity index (χ0) is 13.7. The molecule has 0 amide bonds. The Kier molecular flexibility index (Phi) is 4.80. The van der Waals surface area contributed by atoms with Gasteiger partial charge in [-0.1, -0.05) is 36.4 Å². The smallest absolute Gasteiger partial charge is 0.145 e. The first-order valence-corrected chi connectivity index (χ1v) is 7.31. The first-order chi connectivity index (χ1) is 9.19. The van der Waals surface area contributed by atoms with Crippen LogP contribution in [0, 0.1) is 13.8 Å². The molecule has 1 aromatic carbocycles. The van der Waals surface area contributed by atoms with E-state index >= 15 is 0 Å². The highest BCUT2D eigenvalue weighted by Gasteiger charge is 2.04. The highest BCUT2D eigenvalue weighted by Crippen LogP contribution is 2.29. The van der Waals surface area contributed by atoms with Crippen LogP contribution in [0.15, 0.2) is 40.5 Å². The number of nitrogens with one attached hydrogen (secondary N) is 1. The normalized spacial score (nSPS) is 10.5. The van der Waals surface area contributed by atoms with Gasteiger partial charge in [0.15, 0.2) is 0 Å². The van der Waals surface area contributed by atoms with E-state index in [1.807, 2.05) is 0 Å². The van der Waals surface area contributed by atoms with Crippen molar-refractivity contribution in [2.75, 3.05) is 11.9 Å². The molecular formula is C15H19N3S. The maximum absolute atomic E-state index is 4.56. The van der Waals surface area contributed by atoms with Gasteiger partial charge in [0.25, 0.3) is 0 Å². The van der Waals surface area contributed by atoms with E-state index in [1.54, 1.807) is 24.2 Å². The summed E-state index contributed by atoms with van der Waals surface area (Å²) in [6, 6.07) is 6.46. The van der Waals surface area contributed by atoms with Crippen molar-refractivity contribution >= 4 is 17.6 Å². The van der Waals surface area contributed by atoms with E-state index in [2.05, 4.69) is 54.3 Å². The van der Waals surface area contributed by atoms with Crippen LogP contribution in [-0.4, -0.2) is 16.5 Å². The molecule has 1 heterocycles. The van der Waals surface area contributed by atoms with E-state index in [0.717, 1.165) is 23.8 Å². The van der Waals surface area contributed by atoms with Crippen molar-refractivity contribution in [2.24, 2.45) is 0 Å². The Labute approximate surface area is 118 Å². The SMILES string of the molecule is CCCNc1cncc(Sc2ccc(C)cc2C)n1. The number of hydrogen-bond acceptors (Lipinski definition) is 4. The second kappa shape index (κ2) is 6.57. The minimum absolute atomic E-state index is 0.844. The molecule has 0 atom stereocenters. The topological polar surface area (TPSA) is 37.8 Å². The minimum atomic E-state index is 0.844. The summed E-state index contributed by atoms with van der Waals surface area (Å²) in [7, 11) is 0. The Hall–Kier alpha value is -1.55. The molecule has 0 unspecified atom stereocenters. The number of aromatic nitrogens is 2. The van der Waals surface area contributed by atoms with Gasteiger partial charge < -0.3 is 5.32 Å². The average Bonchev–Trinajstić information content (AvgIpc) is 2.40.